The number of hydrogen-bond donors (Lipinski definition) is 3. The van der Waals surface area contributed by atoms with Crippen molar-refractivity contribution in [3.05, 3.63) is 70.6 Å². The zero-order valence-electron chi connectivity index (χ0n) is 25.4. The number of nitrogens with one attached hydrogen (secondary N) is 3. The van der Waals surface area contributed by atoms with Crippen LogP contribution >= 0.6 is 11.6 Å². The molecule has 2 heterocycles. The molecule has 1 amide bonds. The molecule has 0 spiro atoms. The van der Waals surface area contributed by atoms with Crippen molar-refractivity contribution in [2.45, 2.75) is 76.0 Å². The number of hydrogen-bond acceptors (Lipinski definition) is 8. The highest BCUT2D eigenvalue weighted by molar-refractivity contribution is 7.92. The largest absolute Gasteiger partial charge is 0.444 e. The lowest BCUT2D eigenvalue weighted by Gasteiger charge is -2.30. The van der Waals surface area contributed by atoms with E-state index in [9.17, 15) is 13.2 Å². The van der Waals surface area contributed by atoms with Crippen molar-refractivity contribution in [1.82, 2.24) is 20.3 Å². The highest BCUT2D eigenvalue weighted by Crippen LogP contribution is 2.34. The van der Waals surface area contributed by atoms with Crippen LogP contribution in [0.3, 0.4) is 0 Å². The van der Waals surface area contributed by atoms with Crippen LogP contribution in [0.1, 0.15) is 52.0 Å². The number of carbonyl (C=O) groups excluding carboxylic acids is 1. The summed E-state index contributed by atoms with van der Waals surface area (Å²) in [7, 11) is -4.54. The highest BCUT2D eigenvalue weighted by Gasteiger charge is 2.28. The first-order chi connectivity index (χ1) is 21.6. The first-order valence-electron chi connectivity index (χ1n) is 14.5. The second-order valence-electron chi connectivity index (χ2n) is 12.0. The van der Waals surface area contributed by atoms with Crippen LogP contribution in [-0.2, 0) is 14.8 Å². The van der Waals surface area contributed by atoms with E-state index in [-0.39, 0.29) is 28.3 Å². The average molecular weight is 677 g/mol. The Morgan fingerprint density at radius 1 is 1.00 bits per heavy atom. The molecule has 1 saturated carbocycles. The third-order valence-corrected chi connectivity index (χ3v) is 9.16. The summed E-state index contributed by atoms with van der Waals surface area (Å²) in [4.78, 5) is 24.9. The van der Waals surface area contributed by atoms with Gasteiger partial charge in [-0.3, -0.25) is 4.72 Å². The summed E-state index contributed by atoms with van der Waals surface area (Å²) >= 11 is 5.93. The first-order valence-corrected chi connectivity index (χ1v) is 16.3. The summed E-state index contributed by atoms with van der Waals surface area (Å²) in [5.74, 6) is -4.24. The second kappa shape index (κ2) is 12.9. The molecule has 1 fully saturated rings. The number of benzene rings is 2. The Labute approximate surface area is 269 Å². The molecule has 1 aliphatic carbocycles. The minimum Gasteiger partial charge on any atom is -0.444 e. The van der Waals surface area contributed by atoms with Crippen LogP contribution in [0.15, 0.2) is 47.5 Å². The molecule has 15 heteroatoms. The Bertz CT molecular complexity index is 1920. The molecule has 46 heavy (non-hydrogen) atoms. The van der Waals surface area contributed by atoms with Gasteiger partial charge in [0.05, 0.1) is 22.4 Å². The zero-order chi connectivity index (χ0) is 33.4. The Morgan fingerprint density at radius 3 is 2.35 bits per heavy atom. The van der Waals surface area contributed by atoms with Gasteiger partial charge in [0, 0.05) is 17.6 Å². The van der Waals surface area contributed by atoms with E-state index >= 15 is 13.2 Å². The number of fused-ring (bicyclic) bond motifs is 1. The van der Waals surface area contributed by atoms with Crippen molar-refractivity contribution in [3.63, 3.8) is 0 Å². The fraction of sp³-hybridized carbons (Fsp3) is 0.355. The maximum absolute atomic E-state index is 15.3. The molecular weight excluding hydrogens is 645 g/mol. The molecule has 4 aromatic rings. The smallest absolute Gasteiger partial charge is 0.407 e. The molecule has 0 saturated heterocycles. The lowest BCUT2D eigenvalue weighted by atomic mass is 9.91. The van der Waals surface area contributed by atoms with Crippen LogP contribution in [0.4, 0.5) is 29.6 Å². The maximum Gasteiger partial charge on any atom is 0.407 e. The van der Waals surface area contributed by atoms with E-state index in [1.807, 2.05) is 20.8 Å². The molecule has 1 aliphatic rings. The molecule has 3 N–H and O–H groups in total. The SMILES string of the molecule is Cc1cc(-c2cc(F)c(NS(=O)(=O)c3ccccc3Cl)c(F)c2F)nc2cnc(N[C@H]3CC[C@H](NC(=O)OC(C)(C)C)CC3)nc12. The van der Waals surface area contributed by atoms with Gasteiger partial charge in [0.2, 0.25) is 5.95 Å². The molecular formula is C31H32ClF3N6O4S. The van der Waals surface area contributed by atoms with E-state index in [2.05, 4.69) is 25.6 Å². The number of carbonyl (C=O) groups is 1. The standard InChI is InChI=1S/C31H32ClF3N6O4S/c1-16-13-22(19-14-21(33)28(26(35)25(19)34)41-46(43,44)24-8-6-5-7-20(24)32)39-23-15-36-29(40-27(16)23)37-17-9-11-18(12-10-17)38-30(42)45-31(2,3)4/h5-8,13-15,17-18,41H,9-12H2,1-4H3,(H,38,42)(H,36,37,40)/t17-,18-. The van der Waals surface area contributed by atoms with Crippen LogP contribution in [0.5, 0.6) is 0 Å². The summed E-state index contributed by atoms with van der Waals surface area (Å²) in [5, 5.41) is 6.03. The number of alkyl carbamates (subject to hydrolysis) is 1. The predicted molar refractivity (Wildman–Crippen MR) is 169 cm³/mol. The van der Waals surface area contributed by atoms with Gasteiger partial charge in [-0.15, -0.1) is 0 Å². The zero-order valence-corrected chi connectivity index (χ0v) is 27.0. The number of anilines is 2. The Kier molecular flexibility index (Phi) is 9.32. The molecule has 244 valence electrons. The Hall–Kier alpha value is -4.17. The molecule has 5 rings (SSSR count). The quantitative estimate of drug-likeness (QED) is 0.176. The van der Waals surface area contributed by atoms with E-state index in [4.69, 9.17) is 16.3 Å². The van der Waals surface area contributed by atoms with E-state index in [0.29, 0.717) is 23.1 Å². The molecule has 10 nitrogen and oxygen atoms in total. The fourth-order valence-corrected chi connectivity index (χ4v) is 6.75. The van der Waals surface area contributed by atoms with Gasteiger partial charge in [0.15, 0.2) is 17.5 Å². The summed E-state index contributed by atoms with van der Waals surface area (Å²) in [5.41, 5.74) is -1.12. The molecule has 0 atom stereocenters. The summed E-state index contributed by atoms with van der Waals surface area (Å²) in [6, 6.07) is 7.47. The van der Waals surface area contributed by atoms with Crippen LogP contribution in [0.2, 0.25) is 5.02 Å². The number of nitrogens with zero attached hydrogens (tertiary/aromatic N) is 3. The van der Waals surface area contributed by atoms with Gasteiger partial charge in [-0.25, -0.2) is 41.3 Å². The summed E-state index contributed by atoms with van der Waals surface area (Å²) in [6.45, 7) is 7.12. The minimum atomic E-state index is -4.54. The third-order valence-electron chi connectivity index (χ3n) is 7.32. The van der Waals surface area contributed by atoms with Gasteiger partial charge in [-0.1, -0.05) is 23.7 Å². The number of aromatic nitrogens is 3. The van der Waals surface area contributed by atoms with Crippen LogP contribution < -0.4 is 15.4 Å². The lowest BCUT2D eigenvalue weighted by Crippen LogP contribution is -2.42. The topological polar surface area (TPSA) is 135 Å². The molecule has 0 radical (unpaired) electrons. The number of amides is 1. The minimum absolute atomic E-state index is 0.00182. The summed E-state index contributed by atoms with van der Waals surface area (Å²) < 4.78 is 78.1. The maximum atomic E-state index is 15.3. The van der Waals surface area contributed by atoms with Crippen molar-refractivity contribution < 1.29 is 31.1 Å². The van der Waals surface area contributed by atoms with Crippen molar-refractivity contribution in [2.75, 3.05) is 10.0 Å². The first kappa shape index (κ1) is 33.2. The van der Waals surface area contributed by atoms with Gasteiger partial charge in [-0.2, -0.15) is 0 Å². The van der Waals surface area contributed by atoms with Crippen molar-refractivity contribution in [1.29, 1.82) is 0 Å². The number of rotatable bonds is 7. The van der Waals surface area contributed by atoms with E-state index in [1.165, 1.54) is 30.5 Å². The van der Waals surface area contributed by atoms with E-state index < -0.39 is 55.3 Å². The predicted octanol–water partition coefficient (Wildman–Crippen LogP) is 7.12. The van der Waals surface area contributed by atoms with Gasteiger partial charge in [0.25, 0.3) is 10.0 Å². The Balaban J connectivity index is 1.31. The Morgan fingerprint density at radius 2 is 1.67 bits per heavy atom. The van der Waals surface area contributed by atoms with Gasteiger partial charge >= 0.3 is 6.09 Å². The highest BCUT2D eigenvalue weighted by atomic mass is 35.5. The summed E-state index contributed by atoms with van der Waals surface area (Å²) in [6.07, 6.45) is 4.00. The number of pyridine rings is 1. The van der Waals surface area contributed by atoms with Crippen LogP contribution in [0, 0.1) is 24.4 Å². The van der Waals surface area contributed by atoms with E-state index in [1.54, 1.807) is 11.6 Å². The normalized spacial score (nSPS) is 17.0. The van der Waals surface area contributed by atoms with Gasteiger partial charge in [0.1, 0.15) is 21.7 Å². The number of ether oxygens (including phenoxy) is 1. The van der Waals surface area contributed by atoms with Crippen molar-refractivity contribution >= 4 is 50.4 Å². The molecule has 0 unspecified atom stereocenters. The number of sulfonamides is 1. The lowest BCUT2D eigenvalue weighted by molar-refractivity contribution is 0.0492. The fourth-order valence-electron chi connectivity index (χ4n) is 5.16. The average Bonchev–Trinajstić information content (AvgIpc) is 2.97. The van der Waals surface area contributed by atoms with Crippen molar-refractivity contribution in [3.8, 4) is 11.3 Å². The number of aryl methyl sites for hydroxylation is 1. The molecule has 2 aromatic heterocycles. The van der Waals surface area contributed by atoms with Gasteiger partial charge in [-0.05, 0) is 83.2 Å². The molecule has 2 aromatic carbocycles. The molecule has 0 aliphatic heterocycles. The monoisotopic (exact) mass is 676 g/mol. The van der Waals surface area contributed by atoms with Crippen molar-refractivity contribution in [2.24, 2.45) is 0 Å². The van der Waals surface area contributed by atoms with Crippen LogP contribution in [-0.4, -0.2) is 47.1 Å². The number of halogens is 4. The molecule has 0 bridgehead atoms. The van der Waals surface area contributed by atoms with Gasteiger partial charge < -0.3 is 15.4 Å². The van der Waals surface area contributed by atoms with Crippen LogP contribution in [0.25, 0.3) is 22.3 Å². The second-order valence-corrected chi connectivity index (χ2v) is 14.1. The third kappa shape index (κ3) is 7.44. The van der Waals surface area contributed by atoms with E-state index in [0.717, 1.165) is 31.7 Å².